The highest BCUT2D eigenvalue weighted by molar-refractivity contribution is 5.90. The second-order valence-corrected chi connectivity index (χ2v) is 4.03. The average Bonchev–Trinajstić information content (AvgIpc) is 2.49. The summed E-state index contributed by atoms with van der Waals surface area (Å²) in [6.07, 6.45) is 0. The molecule has 2 aromatic carbocycles. The molecule has 0 radical (unpaired) electrons. The molecule has 0 aliphatic rings. The third-order valence-corrected chi connectivity index (χ3v) is 2.52. The molecule has 0 unspecified atom stereocenters. The molecule has 0 aliphatic heterocycles. The van der Waals surface area contributed by atoms with Crippen LogP contribution >= 0.6 is 0 Å². The van der Waals surface area contributed by atoms with Crippen molar-refractivity contribution in [3.8, 4) is 5.75 Å². The molecule has 0 aromatic heterocycles. The maximum Gasteiger partial charge on any atom is 0.337 e. The van der Waals surface area contributed by atoms with Gasteiger partial charge in [0.25, 0.3) is 0 Å². The van der Waals surface area contributed by atoms with Crippen LogP contribution in [-0.2, 0) is 0 Å². The zero-order valence-corrected chi connectivity index (χ0v) is 11.2. The molecule has 3 N–H and O–H groups in total. The number of hydrogen-bond donors (Lipinski definition) is 3. The highest BCUT2D eigenvalue weighted by Crippen LogP contribution is 2.15. The molecule has 0 saturated heterocycles. The summed E-state index contributed by atoms with van der Waals surface area (Å²) in [5.74, 6) is 0.779. The molecule has 0 spiro atoms. The standard InChI is InChI=1S/C15H17N3O2/c1-2-20-14-10-8-12(9-11-14)16-15(19)18-17-13-6-4-3-5-7-13/h3-11,17H,2H2,1H3,(H2,16,18,19). The number of rotatable bonds is 5. The number of benzene rings is 2. The van der Waals surface area contributed by atoms with Gasteiger partial charge < -0.3 is 10.1 Å². The van der Waals surface area contributed by atoms with Gasteiger partial charge in [0.15, 0.2) is 0 Å². The largest absolute Gasteiger partial charge is 0.494 e. The van der Waals surface area contributed by atoms with E-state index in [0.717, 1.165) is 11.4 Å². The van der Waals surface area contributed by atoms with Crippen molar-refractivity contribution in [2.45, 2.75) is 6.92 Å². The summed E-state index contributed by atoms with van der Waals surface area (Å²) in [6.45, 7) is 2.54. The third kappa shape index (κ3) is 4.20. The predicted molar refractivity (Wildman–Crippen MR) is 79.8 cm³/mol. The van der Waals surface area contributed by atoms with Crippen molar-refractivity contribution in [3.05, 3.63) is 54.6 Å². The summed E-state index contributed by atoms with van der Waals surface area (Å²) in [6, 6.07) is 16.2. The Balaban J connectivity index is 1.82. The molecule has 0 fully saturated rings. The van der Waals surface area contributed by atoms with Crippen LogP contribution in [0.2, 0.25) is 0 Å². The first-order chi connectivity index (χ1) is 9.78. The second kappa shape index (κ2) is 7.04. The molecule has 2 amide bonds. The number of anilines is 2. The lowest BCUT2D eigenvalue weighted by atomic mass is 10.3. The van der Waals surface area contributed by atoms with E-state index in [9.17, 15) is 4.79 Å². The van der Waals surface area contributed by atoms with Crippen LogP contribution in [0, 0.1) is 0 Å². The van der Waals surface area contributed by atoms with E-state index in [0.29, 0.717) is 12.3 Å². The van der Waals surface area contributed by atoms with Crippen LogP contribution < -0.4 is 20.9 Å². The predicted octanol–water partition coefficient (Wildman–Crippen LogP) is 3.23. The lowest BCUT2D eigenvalue weighted by Gasteiger charge is -2.10. The van der Waals surface area contributed by atoms with E-state index in [1.54, 1.807) is 12.1 Å². The summed E-state index contributed by atoms with van der Waals surface area (Å²) in [7, 11) is 0. The molecular formula is C15H17N3O2. The molecule has 5 nitrogen and oxygen atoms in total. The van der Waals surface area contributed by atoms with Gasteiger partial charge in [-0.2, -0.15) is 0 Å². The molecule has 0 saturated carbocycles. The quantitative estimate of drug-likeness (QED) is 0.732. The number of amides is 2. The van der Waals surface area contributed by atoms with E-state index in [1.807, 2.05) is 49.4 Å². The lowest BCUT2D eigenvalue weighted by molar-refractivity contribution is 0.254. The van der Waals surface area contributed by atoms with Gasteiger partial charge in [-0.05, 0) is 43.3 Å². The molecule has 0 bridgehead atoms. The Morgan fingerprint density at radius 1 is 1.00 bits per heavy atom. The van der Waals surface area contributed by atoms with Gasteiger partial charge in [-0.3, -0.25) is 10.9 Å². The van der Waals surface area contributed by atoms with Crippen molar-refractivity contribution in [1.29, 1.82) is 0 Å². The van der Waals surface area contributed by atoms with E-state index in [-0.39, 0.29) is 6.03 Å². The van der Waals surface area contributed by atoms with E-state index in [1.165, 1.54) is 0 Å². The van der Waals surface area contributed by atoms with Gasteiger partial charge >= 0.3 is 6.03 Å². The minimum Gasteiger partial charge on any atom is -0.494 e. The summed E-state index contributed by atoms with van der Waals surface area (Å²) in [4.78, 5) is 11.7. The first-order valence-corrected chi connectivity index (χ1v) is 6.39. The van der Waals surface area contributed by atoms with Gasteiger partial charge in [-0.1, -0.05) is 18.2 Å². The third-order valence-electron chi connectivity index (χ3n) is 2.52. The molecule has 5 heteroatoms. The maximum absolute atomic E-state index is 11.7. The Labute approximate surface area is 117 Å². The van der Waals surface area contributed by atoms with Crippen molar-refractivity contribution in [3.63, 3.8) is 0 Å². The first-order valence-electron chi connectivity index (χ1n) is 6.39. The molecule has 2 aromatic rings. The Hall–Kier alpha value is -2.69. The van der Waals surface area contributed by atoms with Crippen molar-refractivity contribution in [1.82, 2.24) is 5.43 Å². The smallest absolute Gasteiger partial charge is 0.337 e. The van der Waals surface area contributed by atoms with Gasteiger partial charge in [-0.25, -0.2) is 4.79 Å². The normalized spacial score (nSPS) is 9.65. The van der Waals surface area contributed by atoms with Crippen LogP contribution in [-0.4, -0.2) is 12.6 Å². The number of nitrogens with one attached hydrogen (secondary N) is 3. The summed E-state index contributed by atoms with van der Waals surface area (Å²) >= 11 is 0. The molecular weight excluding hydrogens is 254 g/mol. The van der Waals surface area contributed by atoms with Gasteiger partial charge in [-0.15, -0.1) is 0 Å². The van der Waals surface area contributed by atoms with Crippen LogP contribution in [0.4, 0.5) is 16.2 Å². The molecule has 0 heterocycles. The van der Waals surface area contributed by atoms with Crippen LogP contribution in [0.25, 0.3) is 0 Å². The highest BCUT2D eigenvalue weighted by atomic mass is 16.5. The van der Waals surface area contributed by atoms with Gasteiger partial charge in [0, 0.05) is 5.69 Å². The van der Waals surface area contributed by atoms with Crippen LogP contribution in [0.1, 0.15) is 6.92 Å². The van der Waals surface area contributed by atoms with Crippen LogP contribution in [0.15, 0.2) is 54.6 Å². The fourth-order valence-corrected chi connectivity index (χ4v) is 1.61. The summed E-state index contributed by atoms with van der Waals surface area (Å²) in [5, 5.41) is 2.71. The molecule has 0 aliphatic carbocycles. The van der Waals surface area contributed by atoms with Gasteiger partial charge in [0.1, 0.15) is 5.75 Å². The summed E-state index contributed by atoms with van der Waals surface area (Å²) in [5.41, 5.74) is 6.87. The number of carbonyl (C=O) groups is 1. The molecule has 104 valence electrons. The van der Waals surface area contributed by atoms with Crippen LogP contribution in [0.3, 0.4) is 0 Å². The molecule has 20 heavy (non-hydrogen) atoms. The monoisotopic (exact) mass is 271 g/mol. The average molecular weight is 271 g/mol. The Bertz CT molecular complexity index is 541. The van der Waals surface area contributed by atoms with Crippen LogP contribution in [0.5, 0.6) is 5.75 Å². The summed E-state index contributed by atoms with van der Waals surface area (Å²) < 4.78 is 5.33. The van der Waals surface area contributed by atoms with Crippen molar-refractivity contribution < 1.29 is 9.53 Å². The number of hydrazine groups is 1. The number of hydrogen-bond acceptors (Lipinski definition) is 3. The SMILES string of the molecule is CCOc1ccc(NC(=O)NNc2ccccc2)cc1. The minimum absolute atomic E-state index is 0.335. The lowest BCUT2D eigenvalue weighted by Crippen LogP contribution is -2.33. The second-order valence-electron chi connectivity index (χ2n) is 4.03. The topological polar surface area (TPSA) is 62.4 Å². The number of para-hydroxylation sites is 1. The van der Waals surface area contributed by atoms with E-state index >= 15 is 0 Å². The van der Waals surface area contributed by atoms with E-state index < -0.39 is 0 Å². The number of ether oxygens (including phenoxy) is 1. The fourth-order valence-electron chi connectivity index (χ4n) is 1.61. The zero-order valence-electron chi connectivity index (χ0n) is 11.2. The zero-order chi connectivity index (χ0) is 14.2. The Morgan fingerprint density at radius 2 is 1.70 bits per heavy atom. The number of carbonyl (C=O) groups excluding carboxylic acids is 1. The Morgan fingerprint density at radius 3 is 2.35 bits per heavy atom. The first kappa shape index (κ1) is 13.7. The Kier molecular flexibility index (Phi) is 4.83. The van der Waals surface area contributed by atoms with Crippen molar-refractivity contribution in [2.24, 2.45) is 0 Å². The number of urea groups is 1. The van der Waals surface area contributed by atoms with E-state index in [2.05, 4.69) is 16.2 Å². The van der Waals surface area contributed by atoms with Gasteiger partial charge in [0.05, 0.1) is 12.3 Å². The molecule has 2 rings (SSSR count). The van der Waals surface area contributed by atoms with Crippen molar-refractivity contribution in [2.75, 3.05) is 17.3 Å². The van der Waals surface area contributed by atoms with Gasteiger partial charge in [0.2, 0.25) is 0 Å². The maximum atomic E-state index is 11.7. The van der Waals surface area contributed by atoms with E-state index in [4.69, 9.17) is 4.74 Å². The van der Waals surface area contributed by atoms with Crippen molar-refractivity contribution >= 4 is 17.4 Å². The molecule has 0 atom stereocenters. The minimum atomic E-state index is -0.335. The fraction of sp³-hybridized carbons (Fsp3) is 0.133. The highest BCUT2D eigenvalue weighted by Gasteiger charge is 2.01.